The molecule has 1 atom stereocenters. The first-order chi connectivity index (χ1) is 6.57. The first-order valence-electron chi connectivity index (χ1n) is 4.45. The summed E-state index contributed by atoms with van der Waals surface area (Å²) in [5.41, 5.74) is 0. The third kappa shape index (κ3) is 1.92. The number of carbonyl (C=O) groups excluding carboxylic acids is 3. The fourth-order valence-electron chi connectivity index (χ4n) is 1.47. The first-order valence-corrected chi connectivity index (χ1v) is 4.45. The van der Waals surface area contributed by atoms with Gasteiger partial charge in [0.1, 0.15) is 5.92 Å². The molecule has 1 aliphatic rings. The molecule has 5 heteroatoms. The predicted molar refractivity (Wildman–Crippen MR) is 47.4 cm³/mol. The molecular weight excluding hydrogens is 186 g/mol. The van der Waals surface area contributed by atoms with Crippen LogP contribution in [0.25, 0.3) is 0 Å². The van der Waals surface area contributed by atoms with Crippen LogP contribution in [0.1, 0.15) is 12.8 Å². The van der Waals surface area contributed by atoms with Crippen LogP contribution in [0.15, 0.2) is 0 Å². The van der Waals surface area contributed by atoms with E-state index < -0.39 is 23.6 Å². The SMILES string of the molecule is COC(=O)C1CCCN(C)C(=O)C1=O. The summed E-state index contributed by atoms with van der Waals surface area (Å²) >= 11 is 0. The van der Waals surface area contributed by atoms with Crippen LogP contribution < -0.4 is 0 Å². The van der Waals surface area contributed by atoms with Crippen LogP contribution in [0.3, 0.4) is 0 Å². The minimum Gasteiger partial charge on any atom is -0.468 e. The molecule has 0 aromatic heterocycles. The van der Waals surface area contributed by atoms with Gasteiger partial charge in [0.25, 0.3) is 5.91 Å². The smallest absolute Gasteiger partial charge is 0.316 e. The monoisotopic (exact) mass is 199 g/mol. The lowest BCUT2D eigenvalue weighted by atomic mass is 9.99. The molecule has 14 heavy (non-hydrogen) atoms. The molecule has 1 fully saturated rings. The third-order valence-corrected chi connectivity index (χ3v) is 2.35. The van der Waals surface area contributed by atoms with Crippen molar-refractivity contribution in [1.29, 1.82) is 0 Å². The zero-order valence-electron chi connectivity index (χ0n) is 8.28. The second kappa shape index (κ2) is 4.21. The number of ketones is 1. The second-order valence-corrected chi connectivity index (χ2v) is 3.31. The fourth-order valence-corrected chi connectivity index (χ4v) is 1.47. The van der Waals surface area contributed by atoms with E-state index in [9.17, 15) is 14.4 Å². The van der Waals surface area contributed by atoms with Gasteiger partial charge in [0.15, 0.2) is 0 Å². The van der Waals surface area contributed by atoms with E-state index >= 15 is 0 Å². The average Bonchev–Trinajstić information content (AvgIpc) is 2.31. The van der Waals surface area contributed by atoms with Crippen LogP contribution in [-0.4, -0.2) is 43.3 Å². The maximum Gasteiger partial charge on any atom is 0.316 e. The van der Waals surface area contributed by atoms with Crippen molar-refractivity contribution in [1.82, 2.24) is 4.90 Å². The summed E-state index contributed by atoms with van der Waals surface area (Å²) in [4.78, 5) is 35.3. The molecular formula is C9H13NO4. The normalized spacial score (nSPS) is 23.3. The van der Waals surface area contributed by atoms with Crippen LogP contribution >= 0.6 is 0 Å². The standard InChI is InChI=1S/C9H13NO4/c1-10-5-3-4-6(9(13)14-2)7(11)8(10)12/h6H,3-5H2,1-2H3. The van der Waals surface area contributed by atoms with Crippen molar-refractivity contribution in [2.45, 2.75) is 12.8 Å². The summed E-state index contributed by atoms with van der Waals surface area (Å²) in [5.74, 6) is -2.77. The lowest BCUT2D eigenvalue weighted by Crippen LogP contribution is -2.37. The van der Waals surface area contributed by atoms with Crippen LogP contribution in [0.5, 0.6) is 0 Å². The van der Waals surface area contributed by atoms with Gasteiger partial charge in [-0.15, -0.1) is 0 Å². The largest absolute Gasteiger partial charge is 0.468 e. The molecule has 1 saturated heterocycles. The van der Waals surface area contributed by atoms with Crippen molar-refractivity contribution in [2.24, 2.45) is 5.92 Å². The lowest BCUT2D eigenvalue weighted by Gasteiger charge is -2.12. The summed E-state index contributed by atoms with van der Waals surface area (Å²) in [6.45, 7) is 0.512. The number of hydrogen-bond donors (Lipinski definition) is 0. The van der Waals surface area contributed by atoms with Crippen LogP contribution in [-0.2, 0) is 19.1 Å². The maximum absolute atomic E-state index is 11.5. The number of methoxy groups -OCH3 is 1. The molecule has 0 aromatic rings. The molecule has 5 nitrogen and oxygen atoms in total. The Balaban J connectivity index is 2.83. The Hall–Kier alpha value is -1.39. The summed E-state index contributed by atoms with van der Waals surface area (Å²) in [7, 11) is 2.77. The van der Waals surface area contributed by atoms with Crippen molar-refractivity contribution in [2.75, 3.05) is 20.7 Å². The molecule has 1 unspecified atom stereocenters. The van der Waals surface area contributed by atoms with E-state index in [0.29, 0.717) is 19.4 Å². The number of amides is 1. The minimum atomic E-state index is -0.905. The van der Waals surface area contributed by atoms with Gasteiger partial charge in [0, 0.05) is 13.6 Å². The van der Waals surface area contributed by atoms with Crippen LogP contribution in [0, 0.1) is 5.92 Å². The van der Waals surface area contributed by atoms with Gasteiger partial charge in [-0.2, -0.15) is 0 Å². The van der Waals surface area contributed by atoms with E-state index in [1.54, 1.807) is 7.05 Å². The fraction of sp³-hybridized carbons (Fsp3) is 0.667. The maximum atomic E-state index is 11.5. The van der Waals surface area contributed by atoms with Gasteiger partial charge in [-0.3, -0.25) is 14.4 Å². The number of nitrogens with zero attached hydrogens (tertiary/aromatic N) is 1. The van der Waals surface area contributed by atoms with Crippen molar-refractivity contribution in [3.05, 3.63) is 0 Å². The predicted octanol–water partition coefficient (Wildman–Crippen LogP) is -0.403. The topological polar surface area (TPSA) is 63.7 Å². The van der Waals surface area contributed by atoms with Gasteiger partial charge in [0.2, 0.25) is 5.78 Å². The first kappa shape index (κ1) is 10.7. The highest BCUT2D eigenvalue weighted by molar-refractivity contribution is 6.40. The summed E-state index contributed by atoms with van der Waals surface area (Å²) in [6.07, 6.45) is 1.04. The van der Waals surface area contributed by atoms with E-state index in [1.165, 1.54) is 12.0 Å². The van der Waals surface area contributed by atoms with Gasteiger partial charge in [-0.05, 0) is 12.8 Å². The average molecular weight is 199 g/mol. The van der Waals surface area contributed by atoms with Crippen molar-refractivity contribution >= 4 is 17.7 Å². The van der Waals surface area contributed by atoms with E-state index in [1.807, 2.05) is 0 Å². The third-order valence-electron chi connectivity index (χ3n) is 2.35. The Labute approximate surface area is 82.0 Å². The number of likely N-dealkylation sites (tertiary alicyclic amines) is 1. The molecule has 0 radical (unpaired) electrons. The van der Waals surface area contributed by atoms with Crippen molar-refractivity contribution in [3.8, 4) is 0 Å². The highest BCUT2D eigenvalue weighted by Gasteiger charge is 2.36. The number of hydrogen-bond acceptors (Lipinski definition) is 4. The number of esters is 1. The Morgan fingerprint density at radius 1 is 1.50 bits per heavy atom. The Bertz CT molecular complexity index is 274. The van der Waals surface area contributed by atoms with E-state index in [2.05, 4.69) is 4.74 Å². The van der Waals surface area contributed by atoms with Gasteiger partial charge in [0.05, 0.1) is 7.11 Å². The van der Waals surface area contributed by atoms with Gasteiger partial charge >= 0.3 is 5.97 Å². The quantitative estimate of drug-likeness (QED) is 0.327. The Kier molecular flexibility index (Phi) is 3.22. The zero-order chi connectivity index (χ0) is 10.7. The molecule has 0 saturated carbocycles. The molecule has 1 aliphatic heterocycles. The lowest BCUT2D eigenvalue weighted by molar-refractivity contribution is -0.154. The van der Waals surface area contributed by atoms with Gasteiger partial charge in [-0.1, -0.05) is 0 Å². The molecule has 1 amide bonds. The second-order valence-electron chi connectivity index (χ2n) is 3.31. The van der Waals surface area contributed by atoms with Gasteiger partial charge < -0.3 is 9.64 Å². The zero-order valence-corrected chi connectivity index (χ0v) is 8.28. The highest BCUT2D eigenvalue weighted by Crippen LogP contribution is 2.15. The summed E-state index contributed by atoms with van der Waals surface area (Å²) < 4.78 is 4.47. The van der Waals surface area contributed by atoms with Crippen molar-refractivity contribution < 1.29 is 19.1 Å². The van der Waals surface area contributed by atoms with Crippen LogP contribution in [0.4, 0.5) is 0 Å². The molecule has 0 bridgehead atoms. The minimum absolute atomic E-state index is 0.390. The number of carbonyl (C=O) groups is 3. The molecule has 0 N–H and O–H groups in total. The molecule has 0 aromatic carbocycles. The van der Waals surface area contributed by atoms with E-state index in [-0.39, 0.29) is 0 Å². The number of Topliss-reactive ketones (excluding diaryl/α,β-unsaturated/α-hetero) is 1. The molecule has 1 heterocycles. The summed E-state index contributed by atoms with van der Waals surface area (Å²) in [6, 6.07) is 0. The Morgan fingerprint density at radius 3 is 2.71 bits per heavy atom. The number of rotatable bonds is 1. The molecule has 0 spiro atoms. The van der Waals surface area contributed by atoms with E-state index in [0.717, 1.165) is 0 Å². The molecule has 1 rings (SSSR count). The summed E-state index contributed by atoms with van der Waals surface area (Å²) in [5, 5.41) is 0. The van der Waals surface area contributed by atoms with Crippen LogP contribution in [0.2, 0.25) is 0 Å². The highest BCUT2D eigenvalue weighted by atomic mass is 16.5. The number of likely N-dealkylation sites (N-methyl/N-ethyl adjacent to an activating group) is 1. The Morgan fingerprint density at radius 2 is 2.14 bits per heavy atom. The van der Waals surface area contributed by atoms with Crippen molar-refractivity contribution in [3.63, 3.8) is 0 Å². The van der Waals surface area contributed by atoms with E-state index in [4.69, 9.17) is 0 Å². The number of ether oxygens (including phenoxy) is 1. The van der Waals surface area contributed by atoms with Gasteiger partial charge in [-0.25, -0.2) is 0 Å². The molecule has 78 valence electrons. The molecule has 0 aliphatic carbocycles.